The van der Waals surface area contributed by atoms with Crippen LogP contribution in [0.15, 0.2) is 0 Å². The van der Waals surface area contributed by atoms with Gasteiger partial charge in [-0.25, -0.2) is 0 Å². The number of nitrogens with zero attached hydrogens (tertiary/aromatic N) is 4. The maximum Gasteiger partial charge on any atom is 0.177 e. The average Bonchev–Trinajstić information content (AvgIpc) is 2.58. The Morgan fingerprint density at radius 3 is 2.78 bits per heavy atom. The van der Waals surface area contributed by atoms with Gasteiger partial charge >= 0.3 is 0 Å². The third-order valence-electron chi connectivity index (χ3n) is 1.47. The third-order valence-corrected chi connectivity index (χ3v) is 1.47. The summed E-state index contributed by atoms with van der Waals surface area (Å²) in [6.45, 7) is 0. The van der Waals surface area contributed by atoms with E-state index in [0.29, 0.717) is 5.92 Å². The van der Waals surface area contributed by atoms with E-state index in [9.17, 15) is 0 Å². The van der Waals surface area contributed by atoms with Crippen molar-refractivity contribution >= 4 is 0 Å². The summed E-state index contributed by atoms with van der Waals surface area (Å²) in [5, 5.41) is 11.7. The van der Waals surface area contributed by atoms with Crippen LogP contribution in [0.4, 0.5) is 0 Å². The molecule has 0 saturated heterocycles. The average molecular weight is 124 g/mol. The van der Waals surface area contributed by atoms with E-state index in [1.807, 2.05) is 0 Å². The maximum atomic E-state index is 4.07. The van der Waals surface area contributed by atoms with Crippen LogP contribution in [-0.2, 0) is 7.05 Å². The van der Waals surface area contributed by atoms with Crippen molar-refractivity contribution in [1.29, 1.82) is 0 Å². The molecule has 0 spiro atoms. The Balaban J connectivity index is 2.28. The molecule has 0 bridgehead atoms. The first-order valence-electron chi connectivity index (χ1n) is 3.10. The van der Waals surface area contributed by atoms with Gasteiger partial charge < -0.3 is 0 Å². The molecule has 0 aromatic carbocycles. The molecule has 1 aliphatic rings. The van der Waals surface area contributed by atoms with Crippen LogP contribution in [0.3, 0.4) is 0 Å². The summed E-state index contributed by atoms with van der Waals surface area (Å²) in [6.07, 6.45) is 2.48. The van der Waals surface area contributed by atoms with Gasteiger partial charge in [-0.05, 0) is 18.1 Å². The zero-order valence-electron chi connectivity index (χ0n) is 5.28. The van der Waals surface area contributed by atoms with Crippen molar-refractivity contribution in [2.45, 2.75) is 18.8 Å². The van der Waals surface area contributed by atoms with Gasteiger partial charge in [-0.1, -0.05) is 0 Å². The van der Waals surface area contributed by atoms with Gasteiger partial charge in [0.25, 0.3) is 0 Å². The number of tetrazole rings is 1. The van der Waals surface area contributed by atoms with Crippen molar-refractivity contribution in [2.24, 2.45) is 7.05 Å². The van der Waals surface area contributed by atoms with Gasteiger partial charge in [-0.15, -0.1) is 10.2 Å². The van der Waals surface area contributed by atoms with E-state index in [0.717, 1.165) is 5.82 Å². The SMILES string of the molecule is Cn1nnc(C2CC2)n1. The summed E-state index contributed by atoms with van der Waals surface area (Å²) in [7, 11) is 1.79. The second-order valence-corrected chi connectivity index (χ2v) is 2.41. The maximum absolute atomic E-state index is 4.07. The van der Waals surface area contributed by atoms with Crippen LogP contribution in [0.1, 0.15) is 24.6 Å². The zero-order chi connectivity index (χ0) is 6.27. The van der Waals surface area contributed by atoms with E-state index in [4.69, 9.17) is 0 Å². The summed E-state index contributed by atoms with van der Waals surface area (Å²) in [5.74, 6) is 1.54. The van der Waals surface area contributed by atoms with Crippen molar-refractivity contribution in [1.82, 2.24) is 20.2 Å². The molecule has 0 unspecified atom stereocenters. The number of hydrogen-bond donors (Lipinski definition) is 0. The Labute approximate surface area is 52.9 Å². The topological polar surface area (TPSA) is 43.6 Å². The fourth-order valence-corrected chi connectivity index (χ4v) is 0.804. The van der Waals surface area contributed by atoms with Gasteiger partial charge in [0, 0.05) is 5.92 Å². The molecule has 1 aromatic heterocycles. The molecule has 4 heteroatoms. The molecule has 0 aliphatic heterocycles. The third kappa shape index (κ3) is 0.800. The molecule has 1 heterocycles. The van der Waals surface area contributed by atoms with E-state index in [2.05, 4.69) is 15.4 Å². The van der Waals surface area contributed by atoms with Crippen LogP contribution >= 0.6 is 0 Å². The fourth-order valence-electron chi connectivity index (χ4n) is 0.804. The molecule has 48 valence electrons. The van der Waals surface area contributed by atoms with Gasteiger partial charge in [0.2, 0.25) is 0 Å². The minimum absolute atomic E-state index is 0.624. The molecule has 1 fully saturated rings. The number of hydrogen-bond acceptors (Lipinski definition) is 3. The van der Waals surface area contributed by atoms with Gasteiger partial charge in [0.05, 0.1) is 7.05 Å². The summed E-state index contributed by atoms with van der Waals surface area (Å²) < 4.78 is 0. The van der Waals surface area contributed by atoms with E-state index in [-0.39, 0.29) is 0 Å². The highest BCUT2D eigenvalue weighted by Crippen LogP contribution is 2.37. The number of aromatic nitrogens is 4. The fraction of sp³-hybridized carbons (Fsp3) is 0.800. The minimum Gasteiger partial charge on any atom is -0.167 e. The lowest BCUT2D eigenvalue weighted by atomic mass is 10.4. The molecule has 0 atom stereocenters. The molecule has 2 rings (SSSR count). The monoisotopic (exact) mass is 124 g/mol. The first kappa shape index (κ1) is 4.90. The van der Waals surface area contributed by atoms with E-state index in [1.54, 1.807) is 7.05 Å². The van der Waals surface area contributed by atoms with Gasteiger partial charge in [-0.3, -0.25) is 0 Å². The molecular formula is C5H8N4. The Morgan fingerprint density at radius 2 is 2.33 bits per heavy atom. The molecule has 1 aliphatic carbocycles. The van der Waals surface area contributed by atoms with Crippen molar-refractivity contribution < 1.29 is 0 Å². The van der Waals surface area contributed by atoms with Gasteiger partial charge in [0.1, 0.15) is 0 Å². The quantitative estimate of drug-likeness (QED) is 0.532. The highest BCUT2D eigenvalue weighted by atomic mass is 15.6. The van der Waals surface area contributed by atoms with E-state index >= 15 is 0 Å². The highest BCUT2D eigenvalue weighted by Gasteiger charge is 2.27. The van der Waals surface area contributed by atoms with Crippen LogP contribution in [0.2, 0.25) is 0 Å². The molecule has 0 amide bonds. The molecule has 0 N–H and O–H groups in total. The Morgan fingerprint density at radius 1 is 1.56 bits per heavy atom. The summed E-state index contributed by atoms with van der Waals surface area (Å²) >= 11 is 0. The van der Waals surface area contributed by atoms with Crippen LogP contribution in [0.5, 0.6) is 0 Å². The molecule has 0 radical (unpaired) electrons. The Hall–Kier alpha value is -0.930. The Kier molecular flexibility index (Phi) is 0.831. The lowest BCUT2D eigenvalue weighted by Gasteiger charge is -1.79. The summed E-state index contributed by atoms with van der Waals surface area (Å²) in [5.41, 5.74) is 0. The predicted octanol–water partition coefficient (Wildman–Crippen LogP) is 0.0875. The van der Waals surface area contributed by atoms with Crippen LogP contribution in [-0.4, -0.2) is 20.2 Å². The second kappa shape index (κ2) is 1.52. The normalized spacial score (nSPS) is 18.3. The van der Waals surface area contributed by atoms with Gasteiger partial charge in [0.15, 0.2) is 5.82 Å². The molecular weight excluding hydrogens is 116 g/mol. The largest absolute Gasteiger partial charge is 0.177 e. The second-order valence-electron chi connectivity index (χ2n) is 2.41. The number of rotatable bonds is 1. The molecule has 9 heavy (non-hydrogen) atoms. The highest BCUT2D eigenvalue weighted by molar-refractivity contribution is 5.00. The summed E-state index contributed by atoms with van der Waals surface area (Å²) in [6, 6.07) is 0. The first-order valence-corrected chi connectivity index (χ1v) is 3.10. The number of aryl methyl sites for hydroxylation is 1. The van der Waals surface area contributed by atoms with E-state index < -0.39 is 0 Å². The van der Waals surface area contributed by atoms with Crippen molar-refractivity contribution in [3.05, 3.63) is 5.82 Å². The predicted molar refractivity (Wildman–Crippen MR) is 30.8 cm³/mol. The minimum atomic E-state index is 0.624. The van der Waals surface area contributed by atoms with Crippen molar-refractivity contribution in [3.8, 4) is 0 Å². The zero-order valence-corrected chi connectivity index (χ0v) is 5.28. The first-order chi connectivity index (χ1) is 4.36. The van der Waals surface area contributed by atoms with Crippen LogP contribution < -0.4 is 0 Å². The molecule has 4 nitrogen and oxygen atoms in total. The molecule has 1 aromatic rings. The lowest BCUT2D eigenvalue weighted by Crippen LogP contribution is -1.92. The van der Waals surface area contributed by atoms with Crippen LogP contribution in [0, 0.1) is 0 Å². The smallest absolute Gasteiger partial charge is 0.167 e. The Bertz CT molecular complexity index is 212. The summed E-state index contributed by atoms with van der Waals surface area (Å²) in [4.78, 5) is 1.51. The van der Waals surface area contributed by atoms with Crippen molar-refractivity contribution in [3.63, 3.8) is 0 Å². The van der Waals surface area contributed by atoms with Crippen LogP contribution in [0.25, 0.3) is 0 Å². The van der Waals surface area contributed by atoms with E-state index in [1.165, 1.54) is 17.6 Å². The lowest BCUT2D eigenvalue weighted by molar-refractivity contribution is 0.627. The van der Waals surface area contributed by atoms with Crippen molar-refractivity contribution in [2.75, 3.05) is 0 Å². The molecule has 1 saturated carbocycles. The standard InChI is InChI=1S/C5H8N4/c1-9-7-5(6-8-9)4-2-3-4/h4H,2-3H2,1H3. The van der Waals surface area contributed by atoms with Gasteiger partial charge in [-0.2, -0.15) is 4.80 Å².